The van der Waals surface area contributed by atoms with Gasteiger partial charge in [0.05, 0.1) is 20.3 Å². The normalized spacial score (nSPS) is 12.2. The molecule has 0 bridgehead atoms. The molecule has 1 unspecified atom stereocenters. The summed E-state index contributed by atoms with van der Waals surface area (Å²) < 4.78 is 14.7. The third-order valence-electron chi connectivity index (χ3n) is 1.97. The van der Waals surface area contributed by atoms with Gasteiger partial charge in [-0.05, 0) is 17.7 Å². The maximum absolute atomic E-state index is 8.45. The summed E-state index contributed by atoms with van der Waals surface area (Å²) in [4.78, 5) is 0. The molecule has 0 aliphatic carbocycles. The Labute approximate surface area is 105 Å². The molecule has 0 aliphatic heterocycles. The quantitative estimate of drug-likeness (QED) is 0.560. The first-order valence-electron chi connectivity index (χ1n) is 4.98. The van der Waals surface area contributed by atoms with Gasteiger partial charge < -0.3 is 24.2 Å². The van der Waals surface area contributed by atoms with Gasteiger partial charge in [-0.15, -0.1) is 0 Å². The van der Waals surface area contributed by atoms with E-state index in [9.17, 15) is 0 Å². The topological polar surface area (TPSA) is 68.2 Å². The van der Waals surface area contributed by atoms with Crippen LogP contribution in [0.1, 0.15) is 5.56 Å². The van der Waals surface area contributed by atoms with Crippen LogP contribution in [0.25, 0.3) is 0 Å². The fourth-order valence-electron chi connectivity index (χ4n) is 1.12. The van der Waals surface area contributed by atoms with Crippen molar-refractivity contribution in [2.24, 2.45) is 0 Å². The van der Waals surface area contributed by atoms with Gasteiger partial charge >= 0.3 is 7.32 Å². The second-order valence-electron chi connectivity index (χ2n) is 3.23. The molecule has 17 heavy (non-hydrogen) atoms. The molecule has 0 aliphatic rings. The summed E-state index contributed by atoms with van der Waals surface area (Å²) in [6, 6.07) is 7.33. The summed E-state index contributed by atoms with van der Waals surface area (Å²) in [5.41, 5.74) is 0.194. The molecule has 1 rings (SSSR count). The van der Waals surface area contributed by atoms with Crippen molar-refractivity contribution in [3.05, 3.63) is 29.8 Å². The molecule has 0 heterocycles. The number of hydrogen-bond acceptors (Lipinski definition) is 5. The highest BCUT2D eigenvalue weighted by Gasteiger charge is 2.12. The van der Waals surface area contributed by atoms with Crippen LogP contribution in [0.5, 0.6) is 5.75 Å². The number of halogens is 1. The molecule has 0 saturated carbocycles. The lowest BCUT2D eigenvalue weighted by Crippen LogP contribution is -2.23. The van der Waals surface area contributed by atoms with Crippen LogP contribution in [0.15, 0.2) is 24.3 Å². The minimum Gasteiger partial charge on any atom is -0.497 e. The zero-order chi connectivity index (χ0) is 12.7. The Bertz CT molecular complexity index is 319. The summed E-state index contributed by atoms with van der Waals surface area (Å²) in [5, 5.41) is 16.9. The first kappa shape index (κ1) is 14.3. The molecule has 0 amide bonds. The Morgan fingerprint density at radius 1 is 1.29 bits per heavy atom. The highest BCUT2D eigenvalue weighted by Crippen LogP contribution is 2.13. The lowest BCUT2D eigenvalue weighted by Gasteiger charge is -2.11. The van der Waals surface area contributed by atoms with Crippen molar-refractivity contribution in [1.29, 1.82) is 0 Å². The van der Waals surface area contributed by atoms with Gasteiger partial charge in [-0.2, -0.15) is 0 Å². The third-order valence-corrected chi connectivity index (χ3v) is 2.22. The minimum atomic E-state index is -1.83. The molecule has 0 aromatic heterocycles. The molecule has 1 aromatic rings. The highest BCUT2D eigenvalue weighted by molar-refractivity contribution is 6.32. The summed E-state index contributed by atoms with van der Waals surface area (Å²) in [7, 11) is -0.237. The number of hydrogen-bond donors (Lipinski definition) is 2. The fourth-order valence-corrected chi connectivity index (χ4v) is 1.25. The standard InChI is InChI=1S/C10H14BClO5/c1-15-9-4-2-8(3-5-9)6-16-10(12)7-17-11(13)14/h2-5,10,13-14H,6-7H2,1H3. The van der Waals surface area contributed by atoms with Crippen molar-refractivity contribution in [2.75, 3.05) is 13.7 Å². The minimum absolute atomic E-state index is 0.102. The summed E-state index contributed by atoms with van der Waals surface area (Å²) >= 11 is 5.74. The second-order valence-corrected chi connectivity index (χ2v) is 3.72. The predicted molar refractivity (Wildman–Crippen MR) is 63.6 cm³/mol. The molecule has 1 aromatic carbocycles. The fraction of sp³-hybridized carbons (Fsp3) is 0.400. The molecule has 7 heteroatoms. The molecule has 2 N–H and O–H groups in total. The van der Waals surface area contributed by atoms with Gasteiger partial charge in [0.25, 0.3) is 0 Å². The van der Waals surface area contributed by atoms with Crippen LogP contribution in [0.3, 0.4) is 0 Å². The number of rotatable bonds is 7. The van der Waals surface area contributed by atoms with Gasteiger partial charge in [-0.3, -0.25) is 0 Å². The smallest absolute Gasteiger partial charge is 0.497 e. The average Bonchev–Trinajstić information content (AvgIpc) is 2.34. The molecule has 0 radical (unpaired) electrons. The van der Waals surface area contributed by atoms with Crippen LogP contribution in [0.4, 0.5) is 0 Å². The molecule has 0 saturated heterocycles. The van der Waals surface area contributed by atoms with E-state index in [0.717, 1.165) is 11.3 Å². The Balaban J connectivity index is 2.29. The Hall–Kier alpha value is -0.785. The summed E-state index contributed by atoms with van der Waals surface area (Å²) in [6.07, 6.45) is 0. The molecule has 0 fully saturated rings. The van der Waals surface area contributed by atoms with Crippen LogP contribution < -0.4 is 4.74 Å². The highest BCUT2D eigenvalue weighted by atomic mass is 35.5. The van der Waals surface area contributed by atoms with E-state index in [1.807, 2.05) is 24.3 Å². The van der Waals surface area contributed by atoms with Crippen molar-refractivity contribution in [3.63, 3.8) is 0 Å². The summed E-state index contributed by atoms with van der Waals surface area (Å²) in [6.45, 7) is 0.207. The van der Waals surface area contributed by atoms with Crippen molar-refractivity contribution >= 4 is 18.9 Å². The SMILES string of the molecule is COc1ccc(COC(Cl)COB(O)O)cc1. The van der Waals surface area contributed by atoms with E-state index in [4.69, 9.17) is 31.1 Å². The molecule has 1 atom stereocenters. The Kier molecular flexibility index (Phi) is 6.32. The van der Waals surface area contributed by atoms with E-state index in [1.165, 1.54) is 0 Å². The van der Waals surface area contributed by atoms with Gasteiger partial charge in [-0.25, -0.2) is 0 Å². The van der Waals surface area contributed by atoms with Gasteiger partial charge in [0.1, 0.15) is 5.75 Å². The van der Waals surface area contributed by atoms with E-state index in [2.05, 4.69) is 4.65 Å². The first-order valence-corrected chi connectivity index (χ1v) is 5.42. The van der Waals surface area contributed by atoms with Crippen molar-refractivity contribution in [1.82, 2.24) is 0 Å². The third kappa shape index (κ3) is 5.90. The number of alkyl halides is 1. The van der Waals surface area contributed by atoms with E-state index in [-0.39, 0.29) is 6.61 Å². The molecular formula is C10H14BClO5. The predicted octanol–water partition coefficient (Wildman–Crippen LogP) is 0.763. The lowest BCUT2D eigenvalue weighted by molar-refractivity contribution is 0.0447. The van der Waals surface area contributed by atoms with E-state index < -0.39 is 12.9 Å². The van der Waals surface area contributed by atoms with Crippen LogP contribution in [0.2, 0.25) is 0 Å². The van der Waals surface area contributed by atoms with E-state index in [0.29, 0.717) is 6.61 Å². The van der Waals surface area contributed by atoms with Crippen LogP contribution in [-0.2, 0) is 16.0 Å². The van der Waals surface area contributed by atoms with Crippen molar-refractivity contribution in [2.45, 2.75) is 12.2 Å². The largest absolute Gasteiger partial charge is 0.634 e. The second kappa shape index (κ2) is 7.52. The zero-order valence-corrected chi connectivity index (χ0v) is 10.1. The summed E-state index contributed by atoms with van der Waals surface area (Å²) in [5.74, 6) is 0.767. The molecule has 94 valence electrons. The van der Waals surface area contributed by atoms with Gasteiger partial charge in [0.2, 0.25) is 0 Å². The number of benzene rings is 1. The Morgan fingerprint density at radius 3 is 2.47 bits per heavy atom. The van der Waals surface area contributed by atoms with Gasteiger partial charge in [-0.1, -0.05) is 23.7 Å². The van der Waals surface area contributed by atoms with Crippen LogP contribution >= 0.6 is 11.6 Å². The lowest BCUT2D eigenvalue weighted by atomic mass is 10.2. The maximum atomic E-state index is 8.45. The zero-order valence-electron chi connectivity index (χ0n) is 9.38. The van der Waals surface area contributed by atoms with Gasteiger partial charge in [0.15, 0.2) is 5.56 Å². The van der Waals surface area contributed by atoms with E-state index >= 15 is 0 Å². The average molecular weight is 260 g/mol. The number of ether oxygens (including phenoxy) is 2. The molecule has 0 spiro atoms. The van der Waals surface area contributed by atoms with Gasteiger partial charge in [0, 0.05) is 0 Å². The molecular weight excluding hydrogens is 246 g/mol. The maximum Gasteiger partial charge on any atom is 0.634 e. The monoisotopic (exact) mass is 260 g/mol. The van der Waals surface area contributed by atoms with Crippen molar-refractivity contribution in [3.8, 4) is 5.75 Å². The van der Waals surface area contributed by atoms with Crippen LogP contribution in [0, 0.1) is 0 Å². The number of methoxy groups -OCH3 is 1. The first-order chi connectivity index (χ1) is 8.11. The van der Waals surface area contributed by atoms with E-state index in [1.54, 1.807) is 7.11 Å². The van der Waals surface area contributed by atoms with Crippen LogP contribution in [-0.4, -0.2) is 36.6 Å². The Morgan fingerprint density at radius 2 is 1.94 bits per heavy atom. The molecule has 5 nitrogen and oxygen atoms in total. The van der Waals surface area contributed by atoms with Crippen molar-refractivity contribution < 1.29 is 24.2 Å².